The second-order valence-electron chi connectivity index (χ2n) is 4.22. The van der Waals surface area contributed by atoms with E-state index >= 15 is 0 Å². The van der Waals surface area contributed by atoms with Gasteiger partial charge >= 0.3 is 0 Å². The molecule has 0 fully saturated rings. The Kier molecular flexibility index (Phi) is 2.02. The number of hydrogen-bond donors (Lipinski definition) is 0. The van der Waals surface area contributed by atoms with Crippen molar-refractivity contribution in [2.45, 2.75) is 32.6 Å². The summed E-state index contributed by atoms with van der Waals surface area (Å²) in [7, 11) is 0. The molecule has 2 aromatic heterocycles. The molecule has 14 heavy (non-hydrogen) atoms. The Balaban J connectivity index is 2.53. The lowest BCUT2D eigenvalue weighted by molar-refractivity contribution is 0.503. The van der Waals surface area contributed by atoms with Gasteiger partial charge in [0.25, 0.3) is 0 Å². The summed E-state index contributed by atoms with van der Waals surface area (Å²) in [5, 5.41) is 4.13. The fourth-order valence-electron chi connectivity index (χ4n) is 1.42. The van der Waals surface area contributed by atoms with E-state index in [-0.39, 0.29) is 5.41 Å². The van der Waals surface area contributed by atoms with E-state index in [1.165, 1.54) is 5.56 Å². The van der Waals surface area contributed by atoms with Gasteiger partial charge in [-0.05, 0) is 23.5 Å². The fourth-order valence-corrected chi connectivity index (χ4v) is 1.42. The average molecular weight is 189 g/mol. The highest BCUT2D eigenvalue weighted by molar-refractivity contribution is 5.39. The van der Waals surface area contributed by atoms with E-state index in [9.17, 15) is 0 Å². The number of hydrogen-bond acceptors (Lipinski definition) is 2. The molecule has 0 spiro atoms. The maximum Gasteiger partial charge on any atom is 0.155 e. The summed E-state index contributed by atoms with van der Waals surface area (Å²) >= 11 is 0. The van der Waals surface area contributed by atoms with Crippen LogP contribution in [0.3, 0.4) is 0 Å². The Morgan fingerprint density at radius 2 is 2.14 bits per heavy atom. The molecule has 3 nitrogen and oxygen atoms in total. The van der Waals surface area contributed by atoms with Crippen LogP contribution in [-0.4, -0.2) is 14.6 Å². The van der Waals surface area contributed by atoms with E-state index in [1.807, 2.05) is 10.6 Å². The molecule has 0 saturated carbocycles. The quantitative estimate of drug-likeness (QED) is 0.726. The van der Waals surface area contributed by atoms with Crippen molar-refractivity contribution < 1.29 is 0 Å². The minimum absolute atomic E-state index is 0.208. The topological polar surface area (TPSA) is 30.2 Å². The predicted molar refractivity (Wildman–Crippen MR) is 56.3 cm³/mol. The van der Waals surface area contributed by atoms with E-state index < -0.39 is 0 Å². The molecule has 0 unspecified atom stereocenters. The van der Waals surface area contributed by atoms with Crippen molar-refractivity contribution in [2.75, 3.05) is 0 Å². The molecule has 0 aliphatic carbocycles. The zero-order chi connectivity index (χ0) is 10.2. The molecule has 0 amide bonds. The molecule has 2 heterocycles. The molecular weight excluding hydrogens is 174 g/mol. The first kappa shape index (κ1) is 9.19. The van der Waals surface area contributed by atoms with Gasteiger partial charge in [-0.3, -0.25) is 0 Å². The van der Waals surface area contributed by atoms with E-state index in [0.717, 1.165) is 12.1 Å². The molecule has 0 atom stereocenters. The van der Waals surface area contributed by atoms with Crippen LogP contribution in [0.1, 0.15) is 32.8 Å². The SMILES string of the molecule is CCC(C)(C)c1ccc2ncnn2c1. The number of fused-ring (bicyclic) bond motifs is 1. The van der Waals surface area contributed by atoms with Crippen LogP contribution in [0.15, 0.2) is 24.7 Å². The van der Waals surface area contributed by atoms with Gasteiger partial charge in [-0.25, -0.2) is 9.50 Å². The highest BCUT2D eigenvalue weighted by Gasteiger charge is 2.18. The van der Waals surface area contributed by atoms with Crippen LogP contribution in [0.25, 0.3) is 5.65 Å². The van der Waals surface area contributed by atoms with Crippen molar-refractivity contribution in [3.8, 4) is 0 Å². The molecule has 0 bridgehead atoms. The predicted octanol–water partition coefficient (Wildman–Crippen LogP) is 2.42. The van der Waals surface area contributed by atoms with Crippen LogP contribution < -0.4 is 0 Å². The number of nitrogens with zero attached hydrogens (tertiary/aromatic N) is 3. The van der Waals surface area contributed by atoms with Crippen LogP contribution in [-0.2, 0) is 5.41 Å². The second-order valence-corrected chi connectivity index (χ2v) is 4.22. The molecule has 2 rings (SSSR count). The standard InChI is InChI=1S/C11H15N3/c1-4-11(2,3)9-5-6-10-12-8-13-14(10)7-9/h5-8H,4H2,1-3H3. The lowest BCUT2D eigenvalue weighted by Crippen LogP contribution is -2.16. The average Bonchev–Trinajstić information content (AvgIpc) is 2.64. The third-order valence-corrected chi connectivity index (χ3v) is 2.94. The van der Waals surface area contributed by atoms with Gasteiger partial charge in [0.1, 0.15) is 6.33 Å². The van der Waals surface area contributed by atoms with Gasteiger partial charge in [0, 0.05) is 6.20 Å². The number of pyridine rings is 1. The van der Waals surface area contributed by atoms with Gasteiger partial charge in [0.15, 0.2) is 5.65 Å². The molecule has 74 valence electrons. The lowest BCUT2D eigenvalue weighted by atomic mass is 9.83. The van der Waals surface area contributed by atoms with Crippen molar-refractivity contribution in [3.05, 3.63) is 30.2 Å². The highest BCUT2D eigenvalue weighted by Crippen LogP contribution is 2.26. The molecule has 0 aliphatic rings. The van der Waals surface area contributed by atoms with Crippen molar-refractivity contribution in [2.24, 2.45) is 0 Å². The summed E-state index contributed by atoms with van der Waals surface area (Å²) in [4.78, 5) is 4.12. The van der Waals surface area contributed by atoms with Gasteiger partial charge < -0.3 is 0 Å². The first-order chi connectivity index (χ1) is 6.63. The van der Waals surface area contributed by atoms with Gasteiger partial charge in [0.05, 0.1) is 0 Å². The number of rotatable bonds is 2. The van der Waals surface area contributed by atoms with E-state index in [4.69, 9.17) is 0 Å². The Hall–Kier alpha value is -1.38. The van der Waals surface area contributed by atoms with Crippen LogP contribution in [0.5, 0.6) is 0 Å². The van der Waals surface area contributed by atoms with Crippen molar-refractivity contribution in [1.29, 1.82) is 0 Å². The first-order valence-corrected chi connectivity index (χ1v) is 4.93. The summed E-state index contributed by atoms with van der Waals surface area (Å²) < 4.78 is 1.83. The molecule has 2 aromatic rings. The van der Waals surface area contributed by atoms with Crippen LogP contribution in [0.2, 0.25) is 0 Å². The third kappa shape index (κ3) is 1.39. The van der Waals surface area contributed by atoms with E-state index in [1.54, 1.807) is 6.33 Å². The normalized spacial score (nSPS) is 12.2. The van der Waals surface area contributed by atoms with Gasteiger partial charge in [0.2, 0.25) is 0 Å². The van der Waals surface area contributed by atoms with Crippen molar-refractivity contribution in [3.63, 3.8) is 0 Å². The van der Waals surface area contributed by atoms with Crippen LogP contribution >= 0.6 is 0 Å². The van der Waals surface area contributed by atoms with E-state index in [2.05, 4.69) is 43.1 Å². The molecular formula is C11H15N3. The highest BCUT2D eigenvalue weighted by atomic mass is 15.3. The molecule has 0 N–H and O–H groups in total. The smallest absolute Gasteiger partial charge is 0.155 e. The largest absolute Gasteiger partial charge is 0.221 e. The van der Waals surface area contributed by atoms with Crippen LogP contribution in [0, 0.1) is 0 Å². The molecule has 3 heteroatoms. The maximum absolute atomic E-state index is 4.13. The zero-order valence-corrected chi connectivity index (χ0v) is 8.86. The fraction of sp³-hybridized carbons (Fsp3) is 0.455. The van der Waals surface area contributed by atoms with E-state index in [0.29, 0.717) is 0 Å². The molecule has 0 aromatic carbocycles. The Morgan fingerprint density at radius 3 is 2.86 bits per heavy atom. The molecule has 0 radical (unpaired) electrons. The summed E-state index contributed by atoms with van der Waals surface area (Å²) in [5.41, 5.74) is 2.42. The summed E-state index contributed by atoms with van der Waals surface area (Å²) in [6.07, 6.45) is 4.76. The summed E-state index contributed by atoms with van der Waals surface area (Å²) in [6.45, 7) is 6.68. The minimum Gasteiger partial charge on any atom is -0.221 e. The third-order valence-electron chi connectivity index (χ3n) is 2.94. The lowest BCUT2D eigenvalue weighted by Gasteiger charge is -2.22. The Morgan fingerprint density at radius 1 is 1.36 bits per heavy atom. The summed E-state index contributed by atoms with van der Waals surface area (Å²) in [6, 6.07) is 4.15. The zero-order valence-electron chi connectivity index (χ0n) is 8.86. The minimum atomic E-state index is 0.208. The second kappa shape index (κ2) is 3.08. The van der Waals surface area contributed by atoms with Crippen LogP contribution in [0.4, 0.5) is 0 Å². The molecule has 0 saturated heterocycles. The van der Waals surface area contributed by atoms with Gasteiger partial charge in [-0.2, -0.15) is 5.10 Å². The van der Waals surface area contributed by atoms with Crippen molar-refractivity contribution in [1.82, 2.24) is 14.6 Å². The summed E-state index contributed by atoms with van der Waals surface area (Å²) in [5.74, 6) is 0. The maximum atomic E-state index is 4.13. The van der Waals surface area contributed by atoms with Crippen molar-refractivity contribution >= 4 is 5.65 Å². The van der Waals surface area contributed by atoms with Gasteiger partial charge in [-0.1, -0.05) is 26.8 Å². The molecule has 0 aliphatic heterocycles. The first-order valence-electron chi connectivity index (χ1n) is 4.93. The monoisotopic (exact) mass is 189 g/mol. The number of aromatic nitrogens is 3. The Bertz CT molecular complexity index is 442. The van der Waals surface area contributed by atoms with Gasteiger partial charge in [-0.15, -0.1) is 0 Å². The Labute approximate surface area is 83.8 Å².